The second kappa shape index (κ2) is 13.2. The molecule has 1 aliphatic carbocycles. The van der Waals surface area contributed by atoms with Gasteiger partial charge in [0.05, 0.1) is 12.2 Å². The molecule has 1 fully saturated rings. The number of hydrogen-bond acceptors (Lipinski definition) is 4. The van der Waals surface area contributed by atoms with Gasteiger partial charge in [-0.3, -0.25) is 9.59 Å². The smallest absolute Gasteiger partial charge is 0.303 e. The standard InChI is InChI=1S/C22H32O5/c1-2-3-8-12-18-19(21(25)16-20(18)24)15-14-17(23)11-9-6-4-5-7-10-13-22(26)27/h3,5-9,14-15,17-19,21,23,25H,2,4,10-13,16H2,1H3,(H,26,27)/b7-5-,8-3-,9-6-,15-14+/t17-,18-,19+,21-/m0/s1. The molecule has 0 bridgehead atoms. The Morgan fingerprint density at radius 2 is 1.93 bits per heavy atom. The van der Waals surface area contributed by atoms with Gasteiger partial charge in [-0.1, -0.05) is 55.5 Å². The van der Waals surface area contributed by atoms with E-state index in [1.54, 1.807) is 12.2 Å². The van der Waals surface area contributed by atoms with Crippen LogP contribution in [0.3, 0.4) is 0 Å². The van der Waals surface area contributed by atoms with Crippen molar-refractivity contribution in [2.45, 2.75) is 64.1 Å². The third kappa shape index (κ3) is 9.50. The van der Waals surface area contributed by atoms with Crippen molar-refractivity contribution in [1.29, 1.82) is 0 Å². The van der Waals surface area contributed by atoms with Crippen LogP contribution in [0.25, 0.3) is 0 Å². The van der Waals surface area contributed by atoms with Gasteiger partial charge in [-0.15, -0.1) is 0 Å². The van der Waals surface area contributed by atoms with Crippen LogP contribution in [-0.2, 0) is 9.59 Å². The summed E-state index contributed by atoms with van der Waals surface area (Å²) in [5, 5.41) is 28.7. The van der Waals surface area contributed by atoms with E-state index in [1.165, 1.54) is 0 Å². The van der Waals surface area contributed by atoms with Gasteiger partial charge < -0.3 is 15.3 Å². The number of carbonyl (C=O) groups is 2. The quantitative estimate of drug-likeness (QED) is 0.453. The molecule has 0 unspecified atom stereocenters. The SMILES string of the molecule is CC/C=C\C[C@@H]1C(=O)C[C@H](O)[C@@H]1/C=C/[C@@H](O)C/C=C\C/C=C\CCC(=O)O. The van der Waals surface area contributed by atoms with E-state index in [1.807, 2.05) is 43.4 Å². The first kappa shape index (κ1) is 23.1. The van der Waals surface area contributed by atoms with E-state index in [9.17, 15) is 19.8 Å². The van der Waals surface area contributed by atoms with Gasteiger partial charge in [-0.25, -0.2) is 0 Å². The fraction of sp³-hybridized carbons (Fsp3) is 0.545. The van der Waals surface area contributed by atoms with Crippen molar-refractivity contribution >= 4 is 11.8 Å². The van der Waals surface area contributed by atoms with Crippen LogP contribution in [0.4, 0.5) is 0 Å². The number of Topliss-reactive ketones (excluding diaryl/α,β-unsaturated/α-hetero) is 1. The number of carboxylic acids is 1. The van der Waals surface area contributed by atoms with Crippen LogP contribution in [0, 0.1) is 11.8 Å². The second-order valence-electron chi connectivity index (χ2n) is 6.84. The second-order valence-corrected chi connectivity index (χ2v) is 6.84. The Hall–Kier alpha value is -1.98. The summed E-state index contributed by atoms with van der Waals surface area (Å²) in [4.78, 5) is 22.4. The minimum Gasteiger partial charge on any atom is -0.481 e. The van der Waals surface area contributed by atoms with E-state index in [0.717, 1.165) is 6.42 Å². The monoisotopic (exact) mass is 376 g/mol. The van der Waals surface area contributed by atoms with E-state index in [0.29, 0.717) is 25.7 Å². The van der Waals surface area contributed by atoms with Crippen LogP contribution in [0.2, 0.25) is 0 Å². The largest absolute Gasteiger partial charge is 0.481 e. The maximum absolute atomic E-state index is 12.0. The van der Waals surface area contributed by atoms with Gasteiger partial charge in [-0.2, -0.15) is 0 Å². The number of allylic oxidation sites excluding steroid dienone is 5. The molecule has 0 spiro atoms. The van der Waals surface area contributed by atoms with Crippen LogP contribution < -0.4 is 0 Å². The number of rotatable bonds is 12. The molecule has 0 radical (unpaired) electrons. The van der Waals surface area contributed by atoms with Gasteiger partial charge in [0.15, 0.2) is 0 Å². The van der Waals surface area contributed by atoms with E-state index < -0.39 is 18.2 Å². The van der Waals surface area contributed by atoms with Crippen LogP contribution in [0.15, 0.2) is 48.6 Å². The van der Waals surface area contributed by atoms with Crippen molar-refractivity contribution < 1.29 is 24.9 Å². The predicted molar refractivity (Wildman–Crippen MR) is 106 cm³/mol. The highest BCUT2D eigenvalue weighted by molar-refractivity contribution is 5.84. The molecule has 150 valence electrons. The fourth-order valence-electron chi connectivity index (χ4n) is 3.10. The molecule has 5 nitrogen and oxygen atoms in total. The zero-order chi connectivity index (χ0) is 20.1. The molecule has 5 heteroatoms. The molecule has 1 aliphatic rings. The van der Waals surface area contributed by atoms with E-state index in [4.69, 9.17) is 5.11 Å². The number of ketones is 1. The van der Waals surface area contributed by atoms with Crippen molar-refractivity contribution in [2.24, 2.45) is 11.8 Å². The molecule has 0 aromatic carbocycles. The van der Waals surface area contributed by atoms with Gasteiger partial charge in [0.25, 0.3) is 0 Å². The molecule has 4 atom stereocenters. The molecule has 27 heavy (non-hydrogen) atoms. The molecule has 0 heterocycles. The number of aliphatic hydroxyl groups is 2. The lowest BCUT2D eigenvalue weighted by Gasteiger charge is -2.16. The summed E-state index contributed by atoms with van der Waals surface area (Å²) in [7, 11) is 0. The summed E-state index contributed by atoms with van der Waals surface area (Å²) in [6.07, 6.45) is 17.2. The number of carboxylic acid groups (broad SMARTS) is 1. The summed E-state index contributed by atoms with van der Waals surface area (Å²) in [6.45, 7) is 2.04. The summed E-state index contributed by atoms with van der Waals surface area (Å²) in [5.41, 5.74) is 0. The summed E-state index contributed by atoms with van der Waals surface area (Å²) < 4.78 is 0. The lowest BCUT2D eigenvalue weighted by Crippen LogP contribution is -2.18. The number of aliphatic carboxylic acids is 1. The van der Waals surface area contributed by atoms with Crippen LogP contribution in [0.1, 0.15) is 51.9 Å². The first-order chi connectivity index (χ1) is 13.0. The first-order valence-corrected chi connectivity index (χ1v) is 9.69. The van der Waals surface area contributed by atoms with Gasteiger partial charge in [0, 0.05) is 24.7 Å². The highest BCUT2D eigenvalue weighted by Gasteiger charge is 2.39. The molecule has 0 saturated heterocycles. The number of hydrogen-bond donors (Lipinski definition) is 3. The molecule has 1 saturated carbocycles. The number of aliphatic hydroxyl groups excluding tert-OH is 2. The lowest BCUT2D eigenvalue weighted by atomic mass is 9.90. The average Bonchev–Trinajstić information content (AvgIpc) is 2.88. The molecular weight excluding hydrogens is 344 g/mol. The molecule has 0 amide bonds. The highest BCUT2D eigenvalue weighted by atomic mass is 16.4. The van der Waals surface area contributed by atoms with Gasteiger partial charge in [-0.05, 0) is 32.1 Å². The zero-order valence-corrected chi connectivity index (χ0v) is 16.0. The third-order valence-electron chi connectivity index (χ3n) is 4.59. The van der Waals surface area contributed by atoms with Crippen LogP contribution >= 0.6 is 0 Å². The molecule has 0 aromatic rings. The summed E-state index contributed by atoms with van der Waals surface area (Å²) in [6, 6.07) is 0. The van der Waals surface area contributed by atoms with Crippen LogP contribution in [0.5, 0.6) is 0 Å². The average molecular weight is 376 g/mol. The van der Waals surface area contributed by atoms with Crippen molar-refractivity contribution in [3.63, 3.8) is 0 Å². The normalized spacial score (nSPS) is 24.9. The van der Waals surface area contributed by atoms with Crippen molar-refractivity contribution in [3.05, 3.63) is 48.6 Å². The molecular formula is C22H32O5. The Balaban J connectivity index is 2.40. The van der Waals surface area contributed by atoms with Crippen molar-refractivity contribution in [1.82, 2.24) is 0 Å². The molecule has 0 aliphatic heterocycles. The topological polar surface area (TPSA) is 94.8 Å². The highest BCUT2D eigenvalue weighted by Crippen LogP contribution is 2.33. The maximum Gasteiger partial charge on any atom is 0.303 e. The third-order valence-corrected chi connectivity index (χ3v) is 4.59. The Kier molecular flexibility index (Phi) is 11.3. The maximum atomic E-state index is 12.0. The summed E-state index contributed by atoms with van der Waals surface area (Å²) >= 11 is 0. The van der Waals surface area contributed by atoms with Crippen molar-refractivity contribution in [3.8, 4) is 0 Å². The molecule has 0 aromatic heterocycles. The van der Waals surface area contributed by atoms with Gasteiger partial charge in [0.2, 0.25) is 0 Å². The zero-order valence-electron chi connectivity index (χ0n) is 16.0. The predicted octanol–water partition coefficient (Wildman–Crippen LogP) is 3.58. The van der Waals surface area contributed by atoms with E-state index in [2.05, 4.69) is 0 Å². The Morgan fingerprint density at radius 3 is 2.63 bits per heavy atom. The van der Waals surface area contributed by atoms with E-state index in [-0.39, 0.29) is 30.5 Å². The van der Waals surface area contributed by atoms with Gasteiger partial charge in [0.1, 0.15) is 5.78 Å². The Labute approximate surface area is 161 Å². The minimum atomic E-state index is -0.803. The molecule has 1 rings (SSSR count). The Morgan fingerprint density at radius 1 is 1.19 bits per heavy atom. The first-order valence-electron chi connectivity index (χ1n) is 9.69. The van der Waals surface area contributed by atoms with E-state index >= 15 is 0 Å². The van der Waals surface area contributed by atoms with Crippen molar-refractivity contribution in [2.75, 3.05) is 0 Å². The fourth-order valence-corrected chi connectivity index (χ4v) is 3.10. The number of carbonyl (C=O) groups excluding carboxylic acids is 1. The Bertz CT molecular complexity index is 573. The minimum absolute atomic E-state index is 0.0852. The summed E-state index contributed by atoms with van der Waals surface area (Å²) in [5.74, 6) is -1.17. The van der Waals surface area contributed by atoms with Crippen LogP contribution in [-0.4, -0.2) is 39.3 Å². The van der Waals surface area contributed by atoms with Gasteiger partial charge >= 0.3 is 5.97 Å². The molecule has 3 N–H and O–H groups in total. The lowest BCUT2D eigenvalue weighted by molar-refractivity contribution is -0.136.